The highest BCUT2D eigenvalue weighted by Crippen LogP contribution is 2.33. The Kier molecular flexibility index (Phi) is 6.48. The molecule has 0 radical (unpaired) electrons. The first-order valence-corrected chi connectivity index (χ1v) is 7.82. The van der Waals surface area contributed by atoms with Gasteiger partial charge >= 0.3 is 11.9 Å². The Bertz CT molecular complexity index is 599. The summed E-state index contributed by atoms with van der Waals surface area (Å²) >= 11 is 0. The molecule has 0 atom stereocenters. The van der Waals surface area contributed by atoms with E-state index in [1.807, 2.05) is 0 Å². The monoisotopic (exact) mass is 350 g/mol. The van der Waals surface area contributed by atoms with Crippen LogP contribution in [-0.2, 0) is 31.9 Å². The van der Waals surface area contributed by atoms with Crippen molar-refractivity contribution in [2.45, 2.75) is 39.5 Å². The average molecular weight is 350 g/mol. The van der Waals surface area contributed by atoms with Gasteiger partial charge in [0.2, 0.25) is 0 Å². The zero-order valence-electron chi connectivity index (χ0n) is 14.0. The number of carbonyl (C=O) groups excluding carboxylic acids is 2. The molecule has 0 aromatic carbocycles. The molecule has 12 heteroatoms. The van der Waals surface area contributed by atoms with Gasteiger partial charge in [0.25, 0.3) is 0 Å². The Morgan fingerprint density at radius 2 is 1.32 bits per heavy atom. The van der Waals surface area contributed by atoms with E-state index in [4.69, 9.17) is 9.47 Å². The van der Waals surface area contributed by atoms with E-state index >= 15 is 0 Å². The summed E-state index contributed by atoms with van der Waals surface area (Å²) in [4.78, 5) is 25.3. The maximum Gasteiger partial charge on any atom is 0.323 e. The number of hydrogen-bond donors (Lipinski definition) is 0. The lowest BCUT2D eigenvalue weighted by atomic mass is 9.78. The van der Waals surface area contributed by atoms with Crippen molar-refractivity contribution in [2.75, 3.05) is 13.2 Å². The van der Waals surface area contributed by atoms with Gasteiger partial charge in [0.05, 0.1) is 13.2 Å². The molecule has 0 N–H and O–H groups in total. The van der Waals surface area contributed by atoms with Gasteiger partial charge in [-0.25, -0.2) is 0 Å². The Hall–Kier alpha value is -2.92. The van der Waals surface area contributed by atoms with Crippen LogP contribution in [0.4, 0.5) is 0 Å². The lowest BCUT2D eigenvalue weighted by molar-refractivity contribution is -0.173. The lowest BCUT2D eigenvalue weighted by Gasteiger charge is -2.29. The molecule has 0 aliphatic carbocycles. The van der Waals surface area contributed by atoms with Gasteiger partial charge in [-0.3, -0.25) is 30.2 Å². The van der Waals surface area contributed by atoms with E-state index in [1.54, 1.807) is 13.8 Å². The van der Waals surface area contributed by atoms with Crippen LogP contribution in [0.25, 0.3) is 0 Å². The second-order valence-electron chi connectivity index (χ2n) is 5.11. The molecule has 2 heterocycles. The normalized spacial score (nSPS) is 11.3. The molecule has 25 heavy (non-hydrogen) atoms. The van der Waals surface area contributed by atoms with Gasteiger partial charge in [0, 0.05) is 11.6 Å². The number of aryl methyl sites for hydroxylation is 2. The van der Waals surface area contributed by atoms with Crippen molar-refractivity contribution < 1.29 is 19.1 Å². The van der Waals surface area contributed by atoms with E-state index in [9.17, 15) is 9.59 Å². The third kappa shape index (κ3) is 4.55. The number of rotatable bonds is 10. The van der Waals surface area contributed by atoms with Crippen molar-refractivity contribution in [3.05, 3.63) is 11.6 Å². The Labute approximate surface area is 143 Å². The first-order chi connectivity index (χ1) is 12.1. The molecule has 0 aliphatic heterocycles. The number of ether oxygens (including phenoxy) is 2. The minimum absolute atomic E-state index is 0.0829. The largest absolute Gasteiger partial charge is 0.465 e. The van der Waals surface area contributed by atoms with Crippen molar-refractivity contribution in [1.29, 1.82) is 0 Å². The fourth-order valence-corrected chi connectivity index (χ4v) is 2.33. The molecule has 0 saturated carbocycles. The van der Waals surface area contributed by atoms with Crippen LogP contribution < -0.4 is 10.2 Å². The zero-order valence-corrected chi connectivity index (χ0v) is 14.0. The second kappa shape index (κ2) is 8.80. The Morgan fingerprint density at radius 3 is 1.64 bits per heavy atom. The van der Waals surface area contributed by atoms with Gasteiger partial charge in [-0.15, -0.1) is 0 Å². The van der Waals surface area contributed by atoms with Crippen molar-refractivity contribution in [2.24, 2.45) is 5.41 Å². The fraction of sp³-hybridized carbons (Fsp3) is 0.692. The number of aromatic nitrogens is 8. The number of tetrazole rings is 2. The maximum absolute atomic E-state index is 12.6. The van der Waals surface area contributed by atoms with Crippen molar-refractivity contribution in [3.8, 4) is 0 Å². The van der Waals surface area contributed by atoms with Crippen molar-refractivity contribution >= 4 is 11.9 Å². The van der Waals surface area contributed by atoms with Crippen LogP contribution in [0.15, 0.2) is 0 Å². The quantitative estimate of drug-likeness (QED) is 0.367. The van der Waals surface area contributed by atoms with Gasteiger partial charge < -0.3 is 19.7 Å². The molecular formula is C13H18N8O4-2. The molecule has 12 nitrogen and oxygen atoms in total. The minimum atomic E-state index is -1.53. The third-order valence-corrected chi connectivity index (χ3v) is 3.60. The standard InChI is InChI=1S/C13H18N8O4/c1-3-24-11(22)13(12(23)25-4-2,7-5-9-14-18-19-15-9)8-6-10-16-20-21-17-10/h3-8H2,1-2H3/q-2. The fourth-order valence-electron chi connectivity index (χ4n) is 2.33. The summed E-state index contributed by atoms with van der Waals surface area (Å²) in [6, 6.07) is 0. The highest BCUT2D eigenvalue weighted by molar-refractivity contribution is 6.00. The van der Waals surface area contributed by atoms with Crippen molar-refractivity contribution in [3.63, 3.8) is 0 Å². The molecule has 0 saturated heterocycles. The molecule has 2 aromatic heterocycles. The van der Waals surface area contributed by atoms with Crippen molar-refractivity contribution in [1.82, 2.24) is 41.2 Å². The van der Waals surface area contributed by atoms with Gasteiger partial charge in [0.1, 0.15) is 0 Å². The number of carbonyl (C=O) groups is 2. The Balaban J connectivity index is 2.25. The number of esters is 2. The van der Waals surface area contributed by atoms with Gasteiger partial charge in [0.15, 0.2) is 5.41 Å². The van der Waals surface area contributed by atoms with E-state index in [2.05, 4.69) is 41.2 Å². The summed E-state index contributed by atoms with van der Waals surface area (Å²) in [6.45, 7) is 3.59. The molecule has 2 aromatic rings. The second-order valence-corrected chi connectivity index (χ2v) is 5.11. The van der Waals surface area contributed by atoms with E-state index in [0.717, 1.165) is 0 Å². The van der Waals surface area contributed by atoms with E-state index in [-0.39, 0.29) is 38.9 Å². The molecule has 0 aliphatic rings. The van der Waals surface area contributed by atoms with Crippen LogP contribution in [0.2, 0.25) is 0 Å². The molecular weight excluding hydrogens is 332 g/mol. The van der Waals surface area contributed by atoms with Gasteiger partial charge in [-0.2, -0.15) is 10.4 Å². The predicted octanol–water partition coefficient (Wildman–Crippen LogP) is -1.35. The molecule has 0 fully saturated rings. The first kappa shape index (κ1) is 18.4. The summed E-state index contributed by atoms with van der Waals surface area (Å²) in [5.74, 6) is -0.696. The maximum atomic E-state index is 12.6. The van der Waals surface area contributed by atoms with Crippen LogP contribution >= 0.6 is 0 Å². The highest BCUT2D eigenvalue weighted by Gasteiger charge is 2.48. The van der Waals surface area contributed by atoms with E-state index in [0.29, 0.717) is 11.6 Å². The zero-order chi connectivity index (χ0) is 18.1. The predicted molar refractivity (Wildman–Crippen MR) is 78.6 cm³/mol. The molecule has 0 amide bonds. The van der Waals surface area contributed by atoms with Crippen LogP contribution in [-0.4, -0.2) is 56.2 Å². The molecule has 2 rings (SSSR count). The Morgan fingerprint density at radius 1 is 0.880 bits per heavy atom. The molecule has 136 valence electrons. The summed E-state index contributed by atoms with van der Waals surface area (Å²) in [5.41, 5.74) is -1.53. The van der Waals surface area contributed by atoms with Crippen LogP contribution in [0.5, 0.6) is 0 Å². The summed E-state index contributed by atoms with van der Waals surface area (Å²) < 4.78 is 10.3. The molecule has 0 bridgehead atoms. The SMILES string of the molecule is CCOC(=O)C(CCc1nnn[n-]1)(CCc1nnn[n-]1)C(=O)OCC. The summed E-state index contributed by atoms with van der Waals surface area (Å²) in [5, 5.41) is 28.4. The lowest BCUT2D eigenvalue weighted by Crippen LogP contribution is -2.43. The highest BCUT2D eigenvalue weighted by atomic mass is 16.6. The van der Waals surface area contributed by atoms with Crippen LogP contribution in [0.1, 0.15) is 38.3 Å². The van der Waals surface area contributed by atoms with Gasteiger partial charge in [-0.1, -0.05) is 0 Å². The summed E-state index contributed by atoms with van der Waals surface area (Å²) in [7, 11) is 0. The van der Waals surface area contributed by atoms with E-state index < -0.39 is 17.4 Å². The topological polar surface area (TPSA) is 158 Å². The molecule has 0 unspecified atom stereocenters. The summed E-state index contributed by atoms with van der Waals surface area (Å²) in [6.07, 6.45) is 0.588. The van der Waals surface area contributed by atoms with Gasteiger partial charge in [-0.05, 0) is 39.5 Å². The van der Waals surface area contributed by atoms with Crippen LogP contribution in [0, 0.1) is 5.41 Å². The molecule has 0 spiro atoms. The smallest absolute Gasteiger partial charge is 0.323 e. The number of hydrogen-bond acceptors (Lipinski definition) is 10. The average Bonchev–Trinajstić information content (AvgIpc) is 3.29. The van der Waals surface area contributed by atoms with E-state index in [1.165, 1.54) is 0 Å². The van der Waals surface area contributed by atoms with Crippen LogP contribution in [0.3, 0.4) is 0 Å². The minimum Gasteiger partial charge on any atom is -0.465 e. The number of nitrogens with zero attached hydrogens (tertiary/aromatic N) is 8. The first-order valence-electron chi connectivity index (χ1n) is 7.82. The third-order valence-electron chi connectivity index (χ3n) is 3.60.